The van der Waals surface area contributed by atoms with Crippen molar-refractivity contribution in [1.29, 1.82) is 0 Å². The topological polar surface area (TPSA) is 92.5 Å². The van der Waals surface area contributed by atoms with Crippen molar-refractivity contribution in [3.63, 3.8) is 0 Å². The van der Waals surface area contributed by atoms with Gasteiger partial charge in [-0.05, 0) is 43.5 Å². The summed E-state index contributed by atoms with van der Waals surface area (Å²) in [5.74, 6) is -1.74. The number of halogens is 1. The predicted molar refractivity (Wildman–Crippen MR) is 81.9 cm³/mol. The van der Waals surface area contributed by atoms with Crippen molar-refractivity contribution in [3.05, 3.63) is 35.6 Å². The van der Waals surface area contributed by atoms with Gasteiger partial charge in [0.05, 0.1) is 0 Å². The fraction of sp³-hybridized carbons (Fsp3) is 0.438. The molecule has 2 atom stereocenters. The van der Waals surface area contributed by atoms with Crippen LogP contribution in [-0.4, -0.2) is 41.2 Å². The van der Waals surface area contributed by atoms with Crippen molar-refractivity contribution in [2.45, 2.75) is 38.3 Å². The van der Waals surface area contributed by atoms with E-state index in [2.05, 4.69) is 5.32 Å². The average Bonchev–Trinajstić information content (AvgIpc) is 3.01. The number of rotatable bonds is 5. The van der Waals surface area contributed by atoms with E-state index in [4.69, 9.17) is 5.73 Å². The van der Waals surface area contributed by atoms with E-state index >= 15 is 0 Å². The molecule has 1 saturated heterocycles. The van der Waals surface area contributed by atoms with Gasteiger partial charge in [0.1, 0.15) is 17.9 Å². The van der Waals surface area contributed by atoms with Crippen LogP contribution in [0, 0.1) is 5.82 Å². The number of likely N-dealkylation sites (tertiary alicyclic amines) is 1. The van der Waals surface area contributed by atoms with E-state index in [0.717, 1.165) is 0 Å². The number of carbonyl (C=O) groups is 3. The molecular formula is C16H20FN3O3. The number of hydrogen-bond donors (Lipinski definition) is 2. The van der Waals surface area contributed by atoms with Crippen LogP contribution in [0.2, 0.25) is 0 Å². The largest absolute Gasteiger partial charge is 0.368 e. The van der Waals surface area contributed by atoms with E-state index in [0.29, 0.717) is 31.4 Å². The summed E-state index contributed by atoms with van der Waals surface area (Å²) in [7, 11) is 0. The van der Waals surface area contributed by atoms with Crippen LogP contribution >= 0.6 is 0 Å². The summed E-state index contributed by atoms with van der Waals surface area (Å²) in [6, 6.07) is 3.82. The second-order valence-electron chi connectivity index (χ2n) is 5.54. The molecule has 1 unspecified atom stereocenters. The van der Waals surface area contributed by atoms with Crippen LogP contribution in [-0.2, 0) is 9.59 Å². The number of benzene rings is 1. The monoisotopic (exact) mass is 321 g/mol. The zero-order chi connectivity index (χ0) is 17.0. The van der Waals surface area contributed by atoms with E-state index < -0.39 is 23.8 Å². The Balaban J connectivity index is 2.10. The van der Waals surface area contributed by atoms with Crippen LogP contribution in [0.15, 0.2) is 24.3 Å². The van der Waals surface area contributed by atoms with Crippen molar-refractivity contribution >= 4 is 17.7 Å². The first kappa shape index (κ1) is 16.9. The Morgan fingerprint density at radius 1 is 1.35 bits per heavy atom. The third kappa shape index (κ3) is 3.85. The van der Waals surface area contributed by atoms with Gasteiger partial charge in [-0.15, -0.1) is 0 Å². The lowest BCUT2D eigenvalue weighted by Gasteiger charge is -2.25. The molecule has 0 saturated carbocycles. The molecule has 0 aliphatic carbocycles. The molecule has 3 amide bonds. The van der Waals surface area contributed by atoms with Gasteiger partial charge < -0.3 is 16.0 Å². The Hall–Kier alpha value is -2.44. The molecule has 1 aromatic carbocycles. The minimum atomic E-state index is -0.745. The Labute approximate surface area is 133 Å². The molecule has 2 rings (SSSR count). The smallest absolute Gasteiger partial charge is 0.254 e. The zero-order valence-corrected chi connectivity index (χ0v) is 12.9. The summed E-state index contributed by atoms with van der Waals surface area (Å²) in [6.45, 7) is 2.19. The first-order chi connectivity index (χ1) is 10.9. The summed E-state index contributed by atoms with van der Waals surface area (Å²) in [5, 5.41) is 2.59. The van der Waals surface area contributed by atoms with Gasteiger partial charge >= 0.3 is 0 Å². The average molecular weight is 321 g/mol. The van der Waals surface area contributed by atoms with Crippen molar-refractivity contribution in [2.24, 2.45) is 5.73 Å². The van der Waals surface area contributed by atoms with Crippen LogP contribution in [0.4, 0.5) is 4.39 Å². The number of primary amides is 1. The molecule has 1 aliphatic rings. The summed E-state index contributed by atoms with van der Waals surface area (Å²) >= 11 is 0. The highest BCUT2D eigenvalue weighted by Crippen LogP contribution is 2.20. The second kappa shape index (κ2) is 7.21. The van der Waals surface area contributed by atoms with Gasteiger partial charge in [0, 0.05) is 12.1 Å². The molecule has 0 aromatic heterocycles. The van der Waals surface area contributed by atoms with E-state index in [9.17, 15) is 18.8 Å². The van der Waals surface area contributed by atoms with Gasteiger partial charge in [-0.25, -0.2) is 4.39 Å². The molecule has 124 valence electrons. The van der Waals surface area contributed by atoms with Crippen LogP contribution in [0.25, 0.3) is 0 Å². The molecule has 1 heterocycles. The Morgan fingerprint density at radius 2 is 2.00 bits per heavy atom. The third-order valence-corrected chi connectivity index (χ3v) is 3.98. The van der Waals surface area contributed by atoms with Crippen LogP contribution < -0.4 is 11.1 Å². The Kier molecular flexibility index (Phi) is 5.31. The molecule has 23 heavy (non-hydrogen) atoms. The lowest BCUT2D eigenvalue weighted by atomic mass is 10.1. The van der Waals surface area contributed by atoms with Crippen LogP contribution in [0.1, 0.15) is 36.5 Å². The minimum Gasteiger partial charge on any atom is -0.368 e. The first-order valence-corrected chi connectivity index (χ1v) is 7.60. The molecular weight excluding hydrogens is 301 g/mol. The maximum absolute atomic E-state index is 13.0. The van der Waals surface area contributed by atoms with Crippen molar-refractivity contribution in [2.75, 3.05) is 6.54 Å². The van der Waals surface area contributed by atoms with Gasteiger partial charge in [-0.3, -0.25) is 14.4 Å². The molecule has 7 heteroatoms. The van der Waals surface area contributed by atoms with E-state index in [1.165, 1.54) is 29.2 Å². The Morgan fingerprint density at radius 3 is 2.57 bits per heavy atom. The summed E-state index contributed by atoms with van der Waals surface area (Å²) < 4.78 is 13.0. The summed E-state index contributed by atoms with van der Waals surface area (Å²) in [5.41, 5.74) is 5.55. The molecule has 0 bridgehead atoms. The maximum Gasteiger partial charge on any atom is 0.254 e. The van der Waals surface area contributed by atoms with Crippen LogP contribution in [0.3, 0.4) is 0 Å². The zero-order valence-electron chi connectivity index (χ0n) is 12.9. The number of carbonyl (C=O) groups excluding carboxylic acids is 3. The molecule has 1 aromatic rings. The quantitative estimate of drug-likeness (QED) is 0.840. The number of nitrogens with zero attached hydrogens (tertiary/aromatic N) is 1. The third-order valence-electron chi connectivity index (χ3n) is 3.98. The number of nitrogens with two attached hydrogens (primary N) is 1. The molecule has 0 spiro atoms. The maximum atomic E-state index is 13.0. The van der Waals surface area contributed by atoms with E-state index in [-0.39, 0.29) is 11.8 Å². The van der Waals surface area contributed by atoms with Gasteiger partial charge in [-0.2, -0.15) is 0 Å². The van der Waals surface area contributed by atoms with Gasteiger partial charge in [-0.1, -0.05) is 6.92 Å². The highest BCUT2D eigenvalue weighted by molar-refractivity contribution is 5.98. The van der Waals surface area contributed by atoms with Gasteiger partial charge in [0.2, 0.25) is 11.8 Å². The van der Waals surface area contributed by atoms with Crippen molar-refractivity contribution in [1.82, 2.24) is 10.2 Å². The fourth-order valence-corrected chi connectivity index (χ4v) is 2.68. The molecule has 1 aliphatic heterocycles. The lowest BCUT2D eigenvalue weighted by molar-refractivity contribution is -0.129. The fourth-order valence-electron chi connectivity index (χ4n) is 2.68. The predicted octanol–water partition coefficient (Wildman–Crippen LogP) is 0.810. The van der Waals surface area contributed by atoms with Crippen LogP contribution in [0.5, 0.6) is 0 Å². The number of nitrogens with one attached hydrogen (secondary N) is 1. The molecule has 1 fully saturated rings. The normalized spacial score (nSPS) is 18.5. The number of hydrogen-bond acceptors (Lipinski definition) is 3. The minimum absolute atomic E-state index is 0.324. The Bertz CT molecular complexity index is 603. The molecule has 3 N–H and O–H groups in total. The highest BCUT2D eigenvalue weighted by Gasteiger charge is 2.35. The SMILES string of the molecule is CCC(NC(=O)[C@@H]1CCCN1C(=O)c1ccc(F)cc1)C(N)=O. The second-order valence-corrected chi connectivity index (χ2v) is 5.54. The molecule has 6 nitrogen and oxygen atoms in total. The first-order valence-electron chi connectivity index (χ1n) is 7.60. The molecule has 0 radical (unpaired) electrons. The van der Waals surface area contributed by atoms with Gasteiger partial charge in [0.15, 0.2) is 0 Å². The standard InChI is InChI=1S/C16H20FN3O3/c1-2-12(14(18)21)19-15(22)13-4-3-9-20(13)16(23)10-5-7-11(17)8-6-10/h5-8,12-13H,2-4,9H2,1H3,(H2,18,21)(H,19,22)/t12?,13-/m0/s1. The summed E-state index contributed by atoms with van der Waals surface area (Å²) in [6.07, 6.45) is 1.60. The van der Waals surface area contributed by atoms with E-state index in [1.807, 2.05) is 0 Å². The summed E-state index contributed by atoms with van der Waals surface area (Å²) in [4.78, 5) is 37.5. The van der Waals surface area contributed by atoms with E-state index in [1.54, 1.807) is 6.92 Å². The highest BCUT2D eigenvalue weighted by atomic mass is 19.1. The van der Waals surface area contributed by atoms with Crippen molar-refractivity contribution < 1.29 is 18.8 Å². The number of amides is 3. The van der Waals surface area contributed by atoms with Gasteiger partial charge in [0.25, 0.3) is 5.91 Å². The lowest BCUT2D eigenvalue weighted by Crippen LogP contribution is -2.52. The van der Waals surface area contributed by atoms with Crippen molar-refractivity contribution in [3.8, 4) is 0 Å².